The van der Waals surface area contributed by atoms with Crippen molar-refractivity contribution in [3.63, 3.8) is 0 Å². The third-order valence-corrected chi connectivity index (χ3v) is 2.65. The molecule has 1 amide bonds. The molecule has 0 saturated carbocycles. The Kier molecular flexibility index (Phi) is 3.73. The lowest BCUT2D eigenvalue weighted by Gasteiger charge is -2.12. The number of amides is 1. The number of rotatable bonds is 3. The van der Waals surface area contributed by atoms with Crippen LogP contribution >= 0.6 is 0 Å². The fraction of sp³-hybridized carbons (Fsp3) is 0.333. The molecular formula is C12H15NO4. The molecule has 1 atom stereocenters. The molecule has 1 aromatic rings. The van der Waals surface area contributed by atoms with Gasteiger partial charge in [0.15, 0.2) is 0 Å². The van der Waals surface area contributed by atoms with E-state index in [9.17, 15) is 14.7 Å². The van der Waals surface area contributed by atoms with Crippen LogP contribution in [0.5, 0.6) is 5.75 Å². The quantitative estimate of drug-likeness (QED) is 0.698. The van der Waals surface area contributed by atoms with Crippen molar-refractivity contribution in [3.8, 4) is 5.75 Å². The second-order valence-corrected chi connectivity index (χ2v) is 3.95. The van der Waals surface area contributed by atoms with Crippen LogP contribution < -0.4 is 5.32 Å². The van der Waals surface area contributed by atoms with Crippen LogP contribution in [0.2, 0.25) is 0 Å². The number of nitrogens with one attached hydrogen (secondary N) is 1. The molecule has 0 spiro atoms. The highest BCUT2D eigenvalue weighted by Gasteiger charge is 2.21. The first-order valence-corrected chi connectivity index (χ1v) is 5.17. The average Bonchev–Trinajstić information content (AvgIpc) is 2.28. The van der Waals surface area contributed by atoms with Gasteiger partial charge in [-0.25, -0.2) is 0 Å². The molecule has 0 aromatic heterocycles. The fourth-order valence-electron chi connectivity index (χ4n) is 1.32. The largest absolute Gasteiger partial charge is 0.507 e. The third kappa shape index (κ3) is 2.75. The van der Waals surface area contributed by atoms with Gasteiger partial charge in [0.25, 0.3) is 0 Å². The van der Waals surface area contributed by atoms with Crippen molar-refractivity contribution in [2.45, 2.75) is 20.8 Å². The molecule has 0 saturated heterocycles. The van der Waals surface area contributed by atoms with Crippen molar-refractivity contribution in [3.05, 3.63) is 23.3 Å². The fourth-order valence-corrected chi connectivity index (χ4v) is 1.32. The summed E-state index contributed by atoms with van der Waals surface area (Å²) in [5.74, 6) is -2.82. The van der Waals surface area contributed by atoms with E-state index in [0.29, 0.717) is 16.8 Å². The Labute approximate surface area is 99.1 Å². The van der Waals surface area contributed by atoms with Gasteiger partial charge in [0.2, 0.25) is 5.91 Å². The van der Waals surface area contributed by atoms with E-state index in [4.69, 9.17) is 5.11 Å². The minimum absolute atomic E-state index is 0.103. The summed E-state index contributed by atoms with van der Waals surface area (Å²) in [5, 5.41) is 20.8. The highest BCUT2D eigenvalue weighted by Crippen LogP contribution is 2.28. The number of aromatic hydroxyl groups is 1. The number of anilines is 1. The van der Waals surface area contributed by atoms with Gasteiger partial charge in [0.05, 0.1) is 0 Å². The first-order valence-electron chi connectivity index (χ1n) is 5.17. The molecule has 1 rings (SSSR count). The number of carbonyl (C=O) groups excluding carboxylic acids is 1. The predicted molar refractivity (Wildman–Crippen MR) is 63.0 cm³/mol. The summed E-state index contributed by atoms with van der Waals surface area (Å²) in [4.78, 5) is 22.2. The number of hydrogen-bond donors (Lipinski definition) is 3. The van der Waals surface area contributed by atoms with E-state index in [-0.39, 0.29) is 5.75 Å². The minimum atomic E-state index is -1.18. The topological polar surface area (TPSA) is 86.6 Å². The van der Waals surface area contributed by atoms with Crippen molar-refractivity contribution in [1.29, 1.82) is 0 Å². The minimum Gasteiger partial charge on any atom is -0.507 e. The standard InChI is InChI=1S/C12H15NO4/c1-6-4-5-9(7(2)10(6)14)13-11(15)8(3)12(16)17/h4-5,8,14H,1-3H3,(H,13,15)(H,16,17)/t8-/m1/s1. The lowest BCUT2D eigenvalue weighted by atomic mass is 10.1. The molecule has 3 N–H and O–H groups in total. The van der Waals surface area contributed by atoms with Crippen LogP contribution in [0.25, 0.3) is 0 Å². The number of phenols is 1. The summed E-state index contributed by atoms with van der Waals surface area (Å²) in [6.45, 7) is 4.71. The van der Waals surface area contributed by atoms with Gasteiger partial charge in [0.1, 0.15) is 11.7 Å². The molecule has 17 heavy (non-hydrogen) atoms. The second kappa shape index (κ2) is 4.86. The molecule has 0 heterocycles. The summed E-state index contributed by atoms with van der Waals surface area (Å²) in [6.07, 6.45) is 0. The molecule has 0 radical (unpaired) electrons. The summed E-state index contributed by atoms with van der Waals surface area (Å²) < 4.78 is 0. The zero-order valence-electron chi connectivity index (χ0n) is 9.94. The van der Waals surface area contributed by atoms with Gasteiger partial charge in [-0.15, -0.1) is 0 Å². The van der Waals surface area contributed by atoms with Crippen molar-refractivity contribution < 1.29 is 19.8 Å². The molecule has 0 fully saturated rings. The van der Waals surface area contributed by atoms with Gasteiger partial charge in [-0.1, -0.05) is 6.07 Å². The van der Waals surface area contributed by atoms with Crippen LogP contribution in [0.3, 0.4) is 0 Å². The van der Waals surface area contributed by atoms with Crippen LogP contribution in [-0.4, -0.2) is 22.1 Å². The first-order chi connectivity index (χ1) is 7.84. The Hall–Kier alpha value is -2.04. The lowest BCUT2D eigenvalue weighted by Crippen LogP contribution is -2.27. The number of carboxylic acid groups (broad SMARTS) is 1. The van der Waals surface area contributed by atoms with Crippen LogP contribution in [0.4, 0.5) is 5.69 Å². The van der Waals surface area contributed by atoms with E-state index in [0.717, 1.165) is 0 Å². The van der Waals surface area contributed by atoms with E-state index in [1.54, 1.807) is 26.0 Å². The van der Waals surface area contributed by atoms with E-state index in [1.165, 1.54) is 6.92 Å². The van der Waals surface area contributed by atoms with E-state index >= 15 is 0 Å². The summed E-state index contributed by atoms with van der Waals surface area (Å²) in [6, 6.07) is 3.29. The molecule has 0 aliphatic carbocycles. The van der Waals surface area contributed by atoms with Crippen molar-refractivity contribution in [1.82, 2.24) is 0 Å². The van der Waals surface area contributed by atoms with Gasteiger partial charge < -0.3 is 15.5 Å². The van der Waals surface area contributed by atoms with Gasteiger partial charge in [-0.2, -0.15) is 0 Å². The number of carbonyl (C=O) groups is 2. The van der Waals surface area contributed by atoms with E-state index < -0.39 is 17.8 Å². The molecule has 5 heteroatoms. The maximum absolute atomic E-state index is 11.5. The summed E-state index contributed by atoms with van der Waals surface area (Å²) in [7, 11) is 0. The Balaban J connectivity index is 2.94. The normalized spacial score (nSPS) is 11.9. The molecule has 0 aliphatic rings. The van der Waals surface area contributed by atoms with Gasteiger partial charge in [0, 0.05) is 11.3 Å². The second-order valence-electron chi connectivity index (χ2n) is 3.95. The number of aliphatic carboxylic acids is 1. The Morgan fingerprint density at radius 2 is 1.88 bits per heavy atom. The molecule has 92 valence electrons. The van der Waals surface area contributed by atoms with E-state index in [1.807, 2.05) is 0 Å². The van der Waals surface area contributed by atoms with Crippen molar-refractivity contribution in [2.75, 3.05) is 5.32 Å². The number of carboxylic acids is 1. The molecular weight excluding hydrogens is 222 g/mol. The molecule has 0 aliphatic heterocycles. The zero-order chi connectivity index (χ0) is 13.2. The van der Waals surface area contributed by atoms with Gasteiger partial charge >= 0.3 is 5.97 Å². The van der Waals surface area contributed by atoms with Crippen LogP contribution in [0.1, 0.15) is 18.1 Å². The molecule has 0 unspecified atom stereocenters. The van der Waals surface area contributed by atoms with Crippen LogP contribution in [0.15, 0.2) is 12.1 Å². The van der Waals surface area contributed by atoms with Crippen molar-refractivity contribution in [2.24, 2.45) is 5.92 Å². The maximum Gasteiger partial charge on any atom is 0.315 e. The highest BCUT2D eigenvalue weighted by atomic mass is 16.4. The monoisotopic (exact) mass is 237 g/mol. The summed E-state index contributed by atoms with van der Waals surface area (Å²) >= 11 is 0. The van der Waals surface area contributed by atoms with Crippen LogP contribution in [0, 0.1) is 19.8 Å². The van der Waals surface area contributed by atoms with Gasteiger partial charge in [-0.05, 0) is 32.4 Å². The number of aryl methyl sites for hydroxylation is 1. The van der Waals surface area contributed by atoms with Gasteiger partial charge in [-0.3, -0.25) is 9.59 Å². The Morgan fingerprint density at radius 1 is 1.29 bits per heavy atom. The average molecular weight is 237 g/mol. The third-order valence-electron chi connectivity index (χ3n) is 2.65. The maximum atomic E-state index is 11.5. The Bertz CT molecular complexity index is 468. The highest BCUT2D eigenvalue weighted by molar-refractivity contribution is 6.04. The summed E-state index contributed by atoms with van der Waals surface area (Å²) in [5.41, 5.74) is 1.65. The first kappa shape index (κ1) is 13.0. The molecule has 1 aromatic carbocycles. The predicted octanol–water partition coefficient (Wildman–Crippen LogP) is 1.67. The lowest BCUT2D eigenvalue weighted by molar-refractivity contribution is -0.144. The zero-order valence-corrected chi connectivity index (χ0v) is 9.94. The molecule has 5 nitrogen and oxygen atoms in total. The van der Waals surface area contributed by atoms with E-state index in [2.05, 4.69) is 5.32 Å². The number of benzene rings is 1. The smallest absolute Gasteiger partial charge is 0.315 e. The SMILES string of the molecule is Cc1ccc(NC(=O)[C@@H](C)C(=O)O)c(C)c1O. The van der Waals surface area contributed by atoms with Crippen LogP contribution in [-0.2, 0) is 9.59 Å². The number of hydrogen-bond acceptors (Lipinski definition) is 3. The Morgan fingerprint density at radius 3 is 2.41 bits per heavy atom. The molecule has 0 bridgehead atoms. The number of phenolic OH excluding ortho intramolecular Hbond substituents is 1. The van der Waals surface area contributed by atoms with Crippen molar-refractivity contribution >= 4 is 17.6 Å².